The van der Waals surface area contributed by atoms with Crippen molar-refractivity contribution >= 4 is 32.3 Å². The number of rotatable bonds is 2. The Hall–Kier alpha value is -2.11. The van der Waals surface area contributed by atoms with E-state index in [9.17, 15) is 13.2 Å². The van der Waals surface area contributed by atoms with Gasteiger partial charge in [-0.2, -0.15) is 0 Å². The van der Waals surface area contributed by atoms with E-state index in [1.54, 1.807) is 18.3 Å². The van der Waals surface area contributed by atoms with Gasteiger partial charge in [-0.25, -0.2) is 8.42 Å². The van der Waals surface area contributed by atoms with Crippen LogP contribution in [0.5, 0.6) is 0 Å². The lowest BCUT2D eigenvalue weighted by Gasteiger charge is -2.10. The van der Waals surface area contributed by atoms with Gasteiger partial charge in [0, 0.05) is 34.5 Å². The lowest BCUT2D eigenvalue weighted by molar-refractivity contribution is 0.602. The highest BCUT2D eigenvalue weighted by Gasteiger charge is 2.13. The van der Waals surface area contributed by atoms with Crippen LogP contribution in [-0.4, -0.2) is 19.7 Å². The van der Waals surface area contributed by atoms with Crippen molar-refractivity contribution in [3.8, 4) is 11.1 Å². The van der Waals surface area contributed by atoms with Crippen LogP contribution >= 0.6 is 11.6 Å². The molecule has 0 amide bonds. The molecular weight excluding hydrogens is 334 g/mol. The number of aromatic amines is 1. The number of H-pyrrole nitrogens is 1. The molecule has 0 unspecified atom stereocenters. The van der Waals surface area contributed by atoms with E-state index in [4.69, 9.17) is 11.6 Å². The molecule has 3 rings (SSSR count). The molecule has 1 heterocycles. The van der Waals surface area contributed by atoms with Gasteiger partial charge in [0.1, 0.15) is 0 Å². The van der Waals surface area contributed by atoms with Crippen molar-refractivity contribution in [1.82, 2.24) is 4.98 Å². The minimum Gasteiger partial charge on any atom is -0.361 e. The average molecular weight is 348 g/mol. The molecule has 0 atom stereocenters. The first kappa shape index (κ1) is 15.8. The number of fused-ring (bicyclic) bond motifs is 1. The van der Waals surface area contributed by atoms with Gasteiger partial charge in [-0.05, 0) is 42.3 Å². The van der Waals surface area contributed by atoms with E-state index < -0.39 is 9.84 Å². The number of aromatic nitrogens is 1. The molecule has 0 radical (unpaired) electrons. The van der Waals surface area contributed by atoms with Crippen LogP contribution in [0.25, 0.3) is 22.0 Å². The Kier molecular flexibility index (Phi) is 3.78. The van der Waals surface area contributed by atoms with E-state index in [1.165, 1.54) is 18.2 Å². The normalized spacial score (nSPS) is 11.8. The number of pyridine rings is 1. The van der Waals surface area contributed by atoms with Gasteiger partial charge in [-0.15, -0.1) is 0 Å². The van der Waals surface area contributed by atoms with Crippen LogP contribution in [0.1, 0.15) is 5.56 Å². The van der Waals surface area contributed by atoms with Gasteiger partial charge in [0.2, 0.25) is 0 Å². The molecule has 0 aliphatic rings. The number of halogens is 1. The van der Waals surface area contributed by atoms with E-state index in [0.29, 0.717) is 16.0 Å². The van der Waals surface area contributed by atoms with Crippen molar-refractivity contribution in [3.63, 3.8) is 0 Å². The van der Waals surface area contributed by atoms with E-state index in [1.807, 2.05) is 13.0 Å². The fraction of sp³-hybridized carbons (Fsp3) is 0.118. The second-order valence-corrected chi connectivity index (χ2v) is 7.89. The smallest absolute Gasteiger partial charge is 0.189 e. The molecule has 1 aromatic heterocycles. The predicted molar refractivity (Wildman–Crippen MR) is 92.9 cm³/mol. The number of benzene rings is 2. The van der Waals surface area contributed by atoms with Crippen LogP contribution in [0.15, 0.2) is 52.3 Å². The van der Waals surface area contributed by atoms with Gasteiger partial charge >= 0.3 is 0 Å². The molecule has 4 nitrogen and oxygen atoms in total. The van der Waals surface area contributed by atoms with Gasteiger partial charge < -0.3 is 4.98 Å². The summed E-state index contributed by atoms with van der Waals surface area (Å²) in [7, 11) is -3.31. The highest BCUT2D eigenvalue weighted by atomic mass is 35.5. The van der Waals surface area contributed by atoms with Crippen LogP contribution in [0.2, 0.25) is 5.02 Å². The first-order valence-corrected chi connectivity index (χ1v) is 9.16. The first-order chi connectivity index (χ1) is 10.8. The fourth-order valence-corrected chi connectivity index (χ4v) is 3.58. The third kappa shape index (κ3) is 2.90. The fourth-order valence-electron chi connectivity index (χ4n) is 2.58. The average Bonchev–Trinajstić information content (AvgIpc) is 2.47. The van der Waals surface area contributed by atoms with E-state index in [-0.39, 0.29) is 10.3 Å². The van der Waals surface area contributed by atoms with E-state index in [2.05, 4.69) is 4.98 Å². The number of hydrogen-bond donors (Lipinski definition) is 1. The van der Waals surface area contributed by atoms with Crippen molar-refractivity contribution in [2.75, 3.05) is 6.26 Å². The summed E-state index contributed by atoms with van der Waals surface area (Å²) < 4.78 is 23.2. The van der Waals surface area contributed by atoms with E-state index >= 15 is 0 Å². The summed E-state index contributed by atoms with van der Waals surface area (Å²) in [5.74, 6) is 0. The van der Waals surface area contributed by atoms with Crippen molar-refractivity contribution in [2.45, 2.75) is 11.8 Å². The molecule has 3 aromatic rings. The minimum atomic E-state index is -3.31. The third-order valence-electron chi connectivity index (χ3n) is 3.74. The largest absolute Gasteiger partial charge is 0.361 e. The SMILES string of the molecule is Cc1cc(-c2ccc(S(C)(=O)=O)cc2Cl)cc2c(=O)cc[nH]c12. The minimum absolute atomic E-state index is 0.0763. The molecule has 0 aliphatic carbocycles. The summed E-state index contributed by atoms with van der Waals surface area (Å²) in [5, 5.41) is 0.907. The summed E-state index contributed by atoms with van der Waals surface area (Å²) in [5.41, 5.74) is 3.08. The lowest BCUT2D eigenvalue weighted by atomic mass is 10.00. The van der Waals surface area contributed by atoms with Gasteiger partial charge in [0.05, 0.1) is 10.4 Å². The zero-order chi connectivity index (χ0) is 16.8. The third-order valence-corrected chi connectivity index (χ3v) is 5.17. The molecule has 1 N–H and O–H groups in total. The molecule has 0 spiro atoms. The lowest BCUT2D eigenvalue weighted by Crippen LogP contribution is -2.02. The summed E-state index contributed by atoms with van der Waals surface area (Å²) >= 11 is 6.26. The van der Waals surface area contributed by atoms with Crippen molar-refractivity contribution in [3.05, 3.63) is 63.4 Å². The van der Waals surface area contributed by atoms with Gasteiger partial charge in [0.15, 0.2) is 15.3 Å². The molecule has 0 aliphatic heterocycles. The summed E-state index contributed by atoms with van der Waals surface area (Å²) in [6.07, 6.45) is 2.75. The maximum Gasteiger partial charge on any atom is 0.189 e. The summed E-state index contributed by atoms with van der Waals surface area (Å²) in [6, 6.07) is 9.77. The van der Waals surface area contributed by atoms with Crippen LogP contribution in [0, 0.1) is 6.92 Å². The Morgan fingerprint density at radius 2 is 1.83 bits per heavy atom. The van der Waals surface area contributed by atoms with Crippen molar-refractivity contribution in [2.24, 2.45) is 0 Å². The molecule has 2 aromatic carbocycles. The zero-order valence-electron chi connectivity index (χ0n) is 12.6. The Morgan fingerprint density at radius 1 is 1.09 bits per heavy atom. The van der Waals surface area contributed by atoms with Crippen LogP contribution in [0.4, 0.5) is 0 Å². The highest BCUT2D eigenvalue weighted by molar-refractivity contribution is 7.90. The Labute approximate surface area is 138 Å². The molecule has 0 bridgehead atoms. The molecule has 0 saturated carbocycles. The summed E-state index contributed by atoms with van der Waals surface area (Å²) in [6.45, 7) is 1.90. The molecule has 23 heavy (non-hydrogen) atoms. The number of sulfone groups is 1. The van der Waals surface area contributed by atoms with Crippen LogP contribution in [-0.2, 0) is 9.84 Å². The van der Waals surface area contributed by atoms with Crippen molar-refractivity contribution < 1.29 is 8.42 Å². The van der Waals surface area contributed by atoms with Gasteiger partial charge in [0.25, 0.3) is 0 Å². The Balaban J connectivity index is 2.25. The quantitative estimate of drug-likeness (QED) is 0.770. The predicted octanol–water partition coefficient (Wildman–Crippen LogP) is 3.56. The van der Waals surface area contributed by atoms with Crippen LogP contribution in [0.3, 0.4) is 0 Å². The maximum absolute atomic E-state index is 12.1. The molecule has 118 valence electrons. The van der Waals surface area contributed by atoms with Crippen LogP contribution < -0.4 is 5.43 Å². The topological polar surface area (TPSA) is 67.0 Å². The van der Waals surface area contributed by atoms with Gasteiger partial charge in [-0.1, -0.05) is 17.7 Å². The monoisotopic (exact) mass is 347 g/mol. The van der Waals surface area contributed by atoms with Crippen molar-refractivity contribution in [1.29, 1.82) is 0 Å². The molecule has 0 fully saturated rings. The number of hydrogen-bond acceptors (Lipinski definition) is 3. The van der Waals surface area contributed by atoms with E-state index in [0.717, 1.165) is 22.9 Å². The second kappa shape index (κ2) is 5.51. The molecule has 0 saturated heterocycles. The number of aryl methyl sites for hydroxylation is 1. The second-order valence-electron chi connectivity index (χ2n) is 5.47. The number of nitrogens with one attached hydrogen (secondary N) is 1. The Bertz CT molecular complexity index is 1080. The highest BCUT2D eigenvalue weighted by Crippen LogP contribution is 2.32. The first-order valence-electron chi connectivity index (χ1n) is 6.89. The van der Waals surface area contributed by atoms with Gasteiger partial charge in [-0.3, -0.25) is 4.79 Å². The molecule has 6 heteroatoms. The summed E-state index contributed by atoms with van der Waals surface area (Å²) in [4.78, 5) is 15.3. The standard InChI is InChI=1S/C17H14ClNO3S/c1-10-7-11(8-14-16(20)5-6-19-17(10)14)13-4-3-12(9-15(13)18)23(2,21)22/h3-9H,1-2H3,(H,19,20). The maximum atomic E-state index is 12.1. The Morgan fingerprint density at radius 3 is 2.48 bits per heavy atom. The molecular formula is C17H14ClNO3S. The zero-order valence-corrected chi connectivity index (χ0v) is 14.1.